The zero-order chi connectivity index (χ0) is 13.8. The van der Waals surface area contributed by atoms with Crippen LogP contribution < -0.4 is 11.3 Å². The van der Waals surface area contributed by atoms with Crippen molar-refractivity contribution >= 4 is 39.1 Å². The van der Waals surface area contributed by atoms with Gasteiger partial charge < -0.3 is 0 Å². The van der Waals surface area contributed by atoms with Gasteiger partial charge in [-0.05, 0) is 34.1 Å². The van der Waals surface area contributed by atoms with Gasteiger partial charge in [-0.25, -0.2) is 0 Å². The molecule has 0 amide bonds. The Morgan fingerprint density at radius 2 is 2.05 bits per heavy atom. The van der Waals surface area contributed by atoms with Crippen LogP contribution in [0.1, 0.15) is 17.4 Å². The van der Waals surface area contributed by atoms with Gasteiger partial charge in [-0.3, -0.25) is 21.2 Å². The van der Waals surface area contributed by atoms with Gasteiger partial charge in [-0.2, -0.15) is 0 Å². The monoisotopic (exact) mass is 360 g/mol. The summed E-state index contributed by atoms with van der Waals surface area (Å²) in [6, 6.07) is 5.26. The summed E-state index contributed by atoms with van der Waals surface area (Å²) in [4.78, 5) is 8.52. The van der Waals surface area contributed by atoms with E-state index in [4.69, 9.17) is 29.0 Å². The molecule has 2 rings (SSSR count). The molecule has 0 saturated carbocycles. The molecule has 1 atom stereocenters. The minimum absolute atomic E-state index is 0.224. The van der Waals surface area contributed by atoms with Gasteiger partial charge in [-0.15, -0.1) is 0 Å². The maximum absolute atomic E-state index is 6.12. The number of hydrazine groups is 1. The number of halogens is 3. The van der Waals surface area contributed by atoms with Gasteiger partial charge in [-0.1, -0.05) is 23.2 Å². The van der Waals surface area contributed by atoms with Crippen molar-refractivity contribution in [3.63, 3.8) is 0 Å². The predicted molar refractivity (Wildman–Crippen MR) is 80.0 cm³/mol. The summed E-state index contributed by atoms with van der Waals surface area (Å²) in [5.74, 6) is 5.57. The lowest BCUT2D eigenvalue weighted by molar-refractivity contribution is 0.533. The summed E-state index contributed by atoms with van der Waals surface area (Å²) in [6.07, 6.45) is 3.86. The van der Waals surface area contributed by atoms with Crippen molar-refractivity contribution in [2.24, 2.45) is 5.84 Å². The first-order valence-electron chi connectivity index (χ1n) is 5.47. The van der Waals surface area contributed by atoms with Gasteiger partial charge >= 0.3 is 0 Å². The Hall–Kier alpha value is -0.720. The third kappa shape index (κ3) is 3.87. The van der Waals surface area contributed by atoms with Crippen LogP contribution in [0.4, 0.5) is 0 Å². The van der Waals surface area contributed by atoms with Crippen LogP contribution in [-0.2, 0) is 6.42 Å². The van der Waals surface area contributed by atoms with E-state index in [1.807, 2.05) is 12.1 Å². The molecular formula is C12H11BrCl2N4. The summed E-state index contributed by atoms with van der Waals surface area (Å²) in [6.45, 7) is 0. The third-order valence-corrected chi connectivity index (χ3v) is 3.55. The molecule has 2 heterocycles. The Kier molecular flexibility index (Phi) is 5.13. The lowest BCUT2D eigenvalue weighted by Gasteiger charge is -2.16. The number of hydrogen-bond donors (Lipinski definition) is 2. The minimum Gasteiger partial charge on any atom is -0.271 e. The maximum atomic E-state index is 6.12. The highest BCUT2D eigenvalue weighted by Gasteiger charge is 2.16. The summed E-state index contributed by atoms with van der Waals surface area (Å²) in [7, 11) is 0. The van der Waals surface area contributed by atoms with Crippen LogP contribution in [0.25, 0.3) is 0 Å². The van der Waals surface area contributed by atoms with E-state index in [2.05, 4.69) is 31.3 Å². The number of nitrogens with two attached hydrogens (primary N) is 1. The van der Waals surface area contributed by atoms with Gasteiger partial charge in [0.1, 0.15) is 0 Å². The van der Waals surface area contributed by atoms with E-state index >= 15 is 0 Å². The minimum atomic E-state index is -0.224. The molecule has 4 nitrogen and oxygen atoms in total. The topological polar surface area (TPSA) is 63.8 Å². The quantitative estimate of drug-likeness (QED) is 0.647. The standard InChI is InChI=1S/C12H11BrCl2N4/c13-7-1-2-9(17-5-7)4-11(19-16)12-10(15)3-8(14)6-18-12/h1-3,5-6,11,19H,4,16H2. The number of hydrogen-bond acceptors (Lipinski definition) is 4. The lowest BCUT2D eigenvalue weighted by Crippen LogP contribution is -2.30. The number of nitrogens with zero attached hydrogens (tertiary/aromatic N) is 2. The van der Waals surface area contributed by atoms with Crippen molar-refractivity contribution < 1.29 is 0 Å². The number of aromatic nitrogens is 2. The number of rotatable bonds is 4. The van der Waals surface area contributed by atoms with Gasteiger partial charge in [0.25, 0.3) is 0 Å². The molecule has 2 aromatic rings. The van der Waals surface area contributed by atoms with E-state index in [1.165, 1.54) is 0 Å². The van der Waals surface area contributed by atoms with Crippen LogP contribution in [0, 0.1) is 0 Å². The Morgan fingerprint density at radius 3 is 2.63 bits per heavy atom. The second kappa shape index (κ2) is 6.63. The molecule has 3 N–H and O–H groups in total. The molecule has 0 saturated heterocycles. The van der Waals surface area contributed by atoms with Crippen LogP contribution >= 0.6 is 39.1 Å². The molecule has 0 aliphatic carbocycles. The second-order valence-corrected chi connectivity index (χ2v) is 5.67. The first-order valence-corrected chi connectivity index (χ1v) is 7.02. The van der Waals surface area contributed by atoms with E-state index < -0.39 is 0 Å². The van der Waals surface area contributed by atoms with E-state index in [1.54, 1.807) is 18.5 Å². The summed E-state index contributed by atoms with van der Waals surface area (Å²) in [5, 5.41) is 0.971. The summed E-state index contributed by atoms with van der Waals surface area (Å²) >= 11 is 15.3. The highest BCUT2D eigenvalue weighted by molar-refractivity contribution is 9.10. The second-order valence-electron chi connectivity index (χ2n) is 3.91. The summed E-state index contributed by atoms with van der Waals surface area (Å²) < 4.78 is 0.927. The average Bonchev–Trinajstić information content (AvgIpc) is 2.39. The number of pyridine rings is 2. The molecule has 0 aliphatic rings. The molecular weight excluding hydrogens is 351 g/mol. The Labute approximate surface area is 129 Å². The summed E-state index contributed by atoms with van der Waals surface area (Å²) in [5.41, 5.74) is 4.24. The van der Waals surface area contributed by atoms with Crippen molar-refractivity contribution in [3.05, 3.63) is 56.5 Å². The van der Waals surface area contributed by atoms with E-state index in [0.717, 1.165) is 10.2 Å². The van der Waals surface area contributed by atoms with Crippen LogP contribution in [0.3, 0.4) is 0 Å². The lowest BCUT2D eigenvalue weighted by atomic mass is 10.1. The van der Waals surface area contributed by atoms with Crippen LogP contribution in [0.5, 0.6) is 0 Å². The highest BCUT2D eigenvalue weighted by Crippen LogP contribution is 2.25. The predicted octanol–water partition coefficient (Wildman–Crippen LogP) is 3.29. The van der Waals surface area contributed by atoms with Crippen LogP contribution in [0.15, 0.2) is 35.1 Å². The maximum Gasteiger partial charge on any atom is 0.0777 e. The van der Waals surface area contributed by atoms with Gasteiger partial charge in [0.05, 0.1) is 21.8 Å². The molecule has 7 heteroatoms. The van der Waals surface area contributed by atoms with E-state index in [-0.39, 0.29) is 6.04 Å². The SMILES string of the molecule is NNC(Cc1ccc(Br)cn1)c1ncc(Cl)cc1Cl. The smallest absolute Gasteiger partial charge is 0.0777 e. The van der Waals surface area contributed by atoms with Crippen molar-refractivity contribution in [1.82, 2.24) is 15.4 Å². The zero-order valence-corrected chi connectivity index (χ0v) is 12.9. The molecule has 0 fully saturated rings. The van der Waals surface area contributed by atoms with E-state index in [9.17, 15) is 0 Å². The Bertz CT molecular complexity index is 562. The molecule has 2 aromatic heterocycles. The molecule has 1 unspecified atom stereocenters. The molecule has 100 valence electrons. The molecule has 0 aliphatic heterocycles. The largest absolute Gasteiger partial charge is 0.271 e. The van der Waals surface area contributed by atoms with Crippen LogP contribution in [-0.4, -0.2) is 9.97 Å². The fourth-order valence-corrected chi connectivity index (χ4v) is 2.40. The third-order valence-electron chi connectivity index (χ3n) is 2.57. The Balaban J connectivity index is 2.22. The Morgan fingerprint density at radius 1 is 1.26 bits per heavy atom. The van der Waals surface area contributed by atoms with Crippen molar-refractivity contribution in [2.75, 3.05) is 0 Å². The van der Waals surface area contributed by atoms with E-state index in [0.29, 0.717) is 22.2 Å². The van der Waals surface area contributed by atoms with Gasteiger partial charge in [0.2, 0.25) is 0 Å². The zero-order valence-electron chi connectivity index (χ0n) is 9.78. The molecule has 0 spiro atoms. The fourth-order valence-electron chi connectivity index (χ4n) is 1.65. The first-order chi connectivity index (χ1) is 9.10. The molecule has 19 heavy (non-hydrogen) atoms. The highest BCUT2D eigenvalue weighted by atomic mass is 79.9. The molecule has 0 radical (unpaired) electrons. The van der Waals surface area contributed by atoms with Crippen molar-refractivity contribution in [1.29, 1.82) is 0 Å². The molecule has 0 aromatic carbocycles. The van der Waals surface area contributed by atoms with Gasteiger partial charge in [0.15, 0.2) is 0 Å². The fraction of sp³-hybridized carbons (Fsp3) is 0.167. The average molecular weight is 362 g/mol. The first kappa shape index (κ1) is 14.7. The normalized spacial score (nSPS) is 12.4. The van der Waals surface area contributed by atoms with Crippen molar-refractivity contribution in [2.45, 2.75) is 12.5 Å². The van der Waals surface area contributed by atoms with Crippen molar-refractivity contribution in [3.8, 4) is 0 Å². The van der Waals surface area contributed by atoms with Gasteiger partial charge in [0, 0.05) is 29.0 Å². The molecule has 0 bridgehead atoms. The number of nitrogens with one attached hydrogen (secondary N) is 1. The van der Waals surface area contributed by atoms with Crippen LogP contribution in [0.2, 0.25) is 10.0 Å².